The minimum Gasteiger partial charge on any atom is -0.497 e. The molecule has 0 atom stereocenters. The Labute approximate surface area is 165 Å². The zero-order chi connectivity index (χ0) is 19.6. The molecule has 1 heterocycles. The minimum absolute atomic E-state index is 0.285. The van der Waals surface area contributed by atoms with Crippen molar-refractivity contribution in [2.45, 2.75) is 51.5 Å². The average molecular weight is 377 g/mol. The summed E-state index contributed by atoms with van der Waals surface area (Å²) in [6, 6.07) is 14.3. The van der Waals surface area contributed by atoms with Crippen LogP contribution in [-0.2, 0) is 5.54 Å². The molecule has 1 aliphatic carbocycles. The lowest BCUT2D eigenvalue weighted by molar-refractivity contribution is 0.309. The van der Waals surface area contributed by atoms with Crippen molar-refractivity contribution in [3.05, 3.63) is 59.4 Å². The second-order valence-electron chi connectivity index (χ2n) is 7.63. The third kappa shape index (κ3) is 3.35. The van der Waals surface area contributed by atoms with Crippen LogP contribution in [0, 0.1) is 13.8 Å². The summed E-state index contributed by atoms with van der Waals surface area (Å²) >= 11 is 0. The highest BCUT2D eigenvalue weighted by Gasteiger charge is 2.39. The highest BCUT2D eigenvalue weighted by Crippen LogP contribution is 2.40. The van der Waals surface area contributed by atoms with Gasteiger partial charge in [-0.3, -0.25) is 0 Å². The van der Waals surface area contributed by atoms with E-state index in [2.05, 4.69) is 65.0 Å². The molecule has 28 heavy (non-hydrogen) atoms. The van der Waals surface area contributed by atoms with Crippen LogP contribution >= 0.6 is 0 Å². The van der Waals surface area contributed by atoms with Gasteiger partial charge in [0.05, 0.1) is 18.3 Å². The Morgan fingerprint density at radius 3 is 2.46 bits per heavy atom. The van der Waals surface area contributed by atoms with Crippen LogP contribution in [0.1, 0.15) is 49.1 Å². The van der Waals surface area contributed by atoms with Crippen LogP contribution in [0.2, 0.25) is 0 Å². The Balaban J connectivity index is 1.76. The van der Waals surface area contributed by atoms with Crippen molar-refractivity contribution in [2.24, 2.45) is 0 Å². The van der Waals surface area contributed by atoms with Gasteiger partial charge in [-0.15, -0.1) is 5.10 Å². The molecular weight excluding hydrogens is 350 g/mol. The van der Waals surface area contributed by atoms with Gasteiger partial charge >= 0.3 is 0 Å². The summed E-state index contributed by atoms with van der Waals surface area (Å²) in [6.07, 6.45) is 5.57. The number of tetrazole rings is 1. The van der Waals surface area contributed by atoms with E-state index in [9.17, 15) is 0 Å². The van der Waals surface area contributed by atoms with Gasteiger partial charge in [0.25, 0.3) is 0 Å². The average Bonchev–Trinajstić information content (AvgIpc) is 3.22. The van der Waals surface area contributed by atoms with E-state index in [1.54, 1.807) is 7.11 Å². The number of methoxy groups -OCH3 is 1. The first-order chi connectivity index (χ1) is 13.6. The molecule has 6 heteroatoms. The SMILES string of the molecule is COc1ccc(NC2(c3nnnn3-c3cccc(C)c3C)CCCCC2)cc1. The monoisotopic (exact) mass is 377 g/mol. The zero-order valence-electron chi connectivity index (χ0n) is 16.8. The molecule has 146 valence electrons. The van der Waals surface area contributed by atoms with Gasteiger partial charge in [-0.25, -0.2) is 0 Å². The summed E-state index contributed by atoms with van der Waals surface area (Å²) < 4.78 is 7.21. The van der Waals surface area contributed by atoms with Gasteiger partial charge in [0, 0.05) is 5.69 Å². The minimum atomic E-state index is -0.285. The van der Waals surface area contributed by atoms with Crippen LogP contribution in [0.4, 0.5) is 5.69 Å². The summed E-state index contributed by atoms with van der Waals surface area (Å²) in [4.78, 5) is 0. The van der Waals surface area contributed by atoms with E-state index in [0.717, 1.165) is 48.6 Å². The molecule has 1 aromatic heterocycles. The van der Waals surface area contributed by atoms with E-state index in [4.69, 9.17) is 4.74 Å². The van der Waals surface area contributed by atoms with E-state index in [0.29, 0.717) is 0 Å². The van der Waals surface area contributed by atoms with Crippen molar-refractivity contribution in [1.82, 2.24) is 20.2 Å². The number of anilines is 1. The second-order valence-corrected chi connectivity index (χ2v) is 7.63. The highest BCUT2D eigenvalue weighted by atomic mass is 16.5. The lowest BCUT2D eigenvalue weighted by Gasteiger charge is -2.37. The van der Waals surface area contributed by atoms with Gasteiger partial charge < -0.3 is 10.1 Å². The maximum atomic E-state index is 5.29. The molecule has 1 saturated carbocycles. The molecule has 0 unspecified atom stereocenters. The number of nitrogens with zero attached hydrogens (tertiary/aromatic N) is 4. The van der Waals surface area contributed by atoms with Crippen LogP contribution in [0.5, 0.6) is 5.75 Å². The number of ether oxygens (including phenoxy) is 1. The summed E-state index contributed by atoms with van der Waals surface area (Å²) in [5, 5.41) is 16.7. The molecule has 2 aromatic carbocycles. The summed E-state index contributed by atoms with van der Waals surface area (Å²) in [5.41, 5.74) is 4.25. The first kappa shape index (κ1) is 18.5. The molecule has 0 aliphatic heterocycles. The maximum Gasteiger partial charge on any atom is 0.181 e. The van der Waals surface area contributed by atoms with Crippen molar-refractivity contribution in [3.63, 3.8) is 0 Å². The van der Waals surface area contributed by atoms with Gasteiger partial charge in [-0.2, -0.15) is 4.68 Å². The van der Waals surface area contributed by atoms with E-state index < -0.39 is 0 Å². The van der Waals surface area contributed by atoms with Crippen LogP contribution in [0.25, 0.3) is 5.69 Å². The highest BCUT2D eigenvalue weighted by molar-refractivity contribution is 5.50. The van der Waals surface area contributed by atoms with E-state index >= 15 is 0 Å². The number of hydrogen-bond donors (Lipinski definition) is 1. The summed E-state index contributed by atoms with van der Waals surface area (Å²) in [6.45, 7) is 4.25. The zero-order valence-corrected chi connectivity index (χ0v) is 16.8. The molecular formula is C22H27N5O. The molecule has 0 radical (unpaired) electrons. The van der Waals surface area contributed by atoms with Crippen LogP contribution in [-0.4, -0.2) is 27.3 Å². The lowest BCUT2D eigenvalue weighted by atomic mass is 9.80. The van der Waals surface area contributed by atoms with Gasteiger partial charge in [-0.05, 0) is 78.6 Å². The Hall–Kier alpha value is -2.89. The Kier molecular flexibility index (Phi) is 5.03. The lowest BCUT2D eigenvalue weighted by Crippen LogP contribution is -2.40. The number of aromatic nitrogens is 4. The Morgan fingerprint density at radius 2 is 1.75 bits per heavy atom. The standard InChI is InChI=1S/C22H27N5O/c1-16-8-7-9-20(17(16)2)27-21(24-25-26-27)22(14-5-4-6-15-22)23-18-10-12-19(28-3)13-11-18/h7-13,23H,4-6,14-15H2,1-3H3. The van der Waals surface area contributed by atoms with E-state index in [-0.39, 0.29) is 5.54 Å². The summed E-state index contributed by atoms with van der Waals surface area (Å²) in [5.74, 6) is 1.74. The van der Waals surface area contributed by atoms with Crippen molar-refractivity contribution >= 4 is 5.69 Å². The van der Waals surface area contributed by atoms with Crippen LogP contribution in [0.3, 0.4) is 0 Å². The largest absolute Gasteiger partial charge is 0.497 e. The van der Waals surface area contributed by atoms with Gasteiger partial charge in [0.2, 0.25) is 0 Å². The normalized spacial score (nSPS) is 16.0. The second kappa shape index (κ2) is 7.62. The topological polar surface area (TPSA) is 64.9 Å². The Bertz CT molecular complexity index is 942. The number of benzene rings is 2. The fourth-order valence-electron chi connectivity index (χ4n) is 4.12. The van der Waals surface area contributed by atoms with Gasteiger partial charge in [0.1, 0.15) is 5.75 Å². The summed E-state index contributed by atoms with van der Waals surface area (Å²) in [7, 11) is 1.68. The maximum absolute atomic E-state index is 5.29. The fourth-order valence-corrected chi connectivity index (χ4v) is 4.12. The molecule has 1 aliphatic rings. The van der Waals surface area contributed by atoms with Crippen LogP contribution in [0.15, 0.2) is 42.5 Å². The molecule has 4 rings (SSSR count). The predicted molar refractivity (Wildman–Crippen MR) is 110 cm³/mol. The van der Waals surface area contributed by atoms with Crippen molar-refractivity contribution < 1.29 is 4.74 Å². The van der Waals surface area contributed by atoms with E-state index in [1.807, 2.05) is 16.8 Å². The third-order valence-electron chi connectivity index (χ3n) is 5.88. The quantitative estimate of drug-likeness (QED) is 0.706. The molecule has 3 aromatic rings. The number of aryl methyl sites for hydroxylation is 1. The molecule has 1 fully saturated rings. The van der Waals surface area contributed by atoms with Crippen molar-refractivity contribution in [1.29, 1.82) is 0 Å². The number of hydrogen-bond acceptors (Lipinski definition) is 5. The number of nitrogens with one attached hydrogen (secondary N) is 1. The van der Waals surface area contributed by atoms with Crippen molar-refractivity contribution in [2.75, 3.05) is 12.4 Å². The smallest absolute Gasteiger partial charge is 0.181 e. The van der Waals surface area contributed by atoms with Crippen LogP contribution < -0.4 is 10.1 Å². The van der Waals surface area contributed by atoms with Gasteiger partial charge in [0.15, 0.2) is 5.82 Å². The Morgan fingerprint density at radius 1 is 1.00 bits per heavy atom. The molecule has 0 spiro atoms. The first-order valence-corrected chi connectivity index (χ1v) is 9.91. The van der Waals surface area contributed by atoms with Gasteiger partial charge in [-0.1, -0.05) is 31.4 Å². The molecule has 0 bridgehead atoms. The fraction of sp³-hybridized carbons (Fsp3) is 0.409. The third-order valence-corrected chi connectivity index (χ3v) is 5.88. The molecule has 6 nitrogen and oxygen atoms in total. The van der Waals surface area contributed by atoms with Crippen molar-refractivity contribution in [3.8, 4) is 11.4 Å². The first-order valence-electron chi connectivity index (χ1n) is 9.91. The molecule has 0 amide bonds. The molecule has 1 N–H and O–H groups in total. The molecule has 0 saturated heterocycles. The predicted octanol–water partition coefficient (Wildman–Crippen LogP) is 4.56. The van der Waals surface area contributed by atoms with E-state index in [1.165, 1.54) is 17.5 Å². The number of rotatable bonds is 5.